The van der Waals surface area contributed by atoms with Crippen molar-refractivity contribution in [1.29, 1.82) is 0 Å². The molecule has 2 fully saturated rings. The molecular formula is C20H23N5O2. The van der Waals surface area contributed by atoms with Gasteiger partial charge < -0.3 is 9.47 Å². The smallest absolute Gasteiger partial charge is 0.250 e. The summed E-state index contributed by atoms with van der Waals surface area (Å²) < 4.78 is 1.90. The van der Waals surface area contributed by atoms with Gasteiger partial charge in [-0.3, -0.25) is 14.6 Å². The van der Waals surface area contributed by atoms with Crippen LogP contribution in [0.25, 0.3) is 0 Å². The standard InChI is InChI=1S/C20H23N5O2/c26-19-5-1-4-18-15-7-13(11-25(18)19)10-24(12-15)20(27)17-8-16(22-23-17)14-3-2-6-21-9-14/h1-6,9,13,15-17,22-23H,7-8,10-12H2/t13-,15+,16?,17?/m1/s1. The van der Waals surface area contributed by atoms with Crippen molar-refractivity contribution in [3.63, 3.8) is 0 Å². The summed E-state index contributed by atoms with van der Waals surface area (Å²) in [6.07, 6.45) is 5.37. The monoisotopic (exact) mass is 365 g/mol. The topological polar surface area (TPSA) is 79.3 Å². The molecule has 2 bridgehead atoms. The van der Waals surface area contributed by atoms with Crippen LogP contribution >= 0.6 is 0 Å². The van der Waals surface area contributed by atoms with Gasteiger partial charge in [-0.05, 0) is 36.5 Å². The van der Waals surface area contributed by atoms with Gasteiger partial charge in [-0.2, -0.15) is 0 Å². The van der Waals surface area contributed by atoms with Crippen molar-refractivity contribution in [3.8, 4) is 0 Å². The molecule has 0 radical (unpaired) electrons. The number of nitrogens with one attached hydrogen (secondary N) is 2. The Balaban J connectivity index is 1.31. The fourth-order valence-corrected chi connectivity index (χ4v) is 4.82. The number of piperidine rings is 1. The average molecular weight is 365 g/mol. The third kappa shape index (κ3) is 2.96. The molecule has 7 nitrogen and oxygen atoms in total. The van der Waals surface area contributed by atoms with Crippen molar-refractivity contribution < 1.29 is 4.79 Å². The lowest BCUT2D eigenvalue weighted by molar-refractivity contribution is -0.136. The fraction of sp³-hybridized carbons (Fsp3) is 0.450. The molecule has 2 aromatic rings. The minimum atomic E-state index is -0.230. The summed E-state index contributed by atoms with van der Waals surface area (Å²) >= 11 is 0. The van der Waals surface area contributed by atoms with Crippen molar-refractivity contribution >= 4 is 5.91 Å². The summed E-state index contributed by atoms with van der Waals surface area (Å²) in [6, 6.07) is 9.29. The van der Waals surface area contributed by atoms with Gasteiger partial charge in [-0.15, -0.1) is 0 Å². The van der Waals surface area contributed by atoms with Gasteiger partial charge in [0.1, 0.15) is 6.04 Å². The highest BCUT2D eigenvalue weighted by Gasteiger charge is 2.39. The Morgan fingerprint density at radius 2 is 2.00 bits per heavy atom. The minimum Gasteiger partial charge on any atom is -0.340 e. The van der Waals surface area contributed by atoms with Crippen molar-refractivity contribution in [2.24, 2.45) is 5.92 Å². The third-order valence-corrected chi connectivity index (χ3v) is 6.08. The Labute approximate surface area is 157 Å². The first kappa shape index (κ1) is 16.6. The van der Waals surface area contributed by atoms with Crippen molar-refractivity contribution in [2.75, 3.05) is 13.1 Å². The van der Waals surface area contributed by atoms with E-state index in [9.17, 15) is 9.59 Å². The fourth-order valence-electron chi connectivity index (χ4n) is 4.82. The van der Waals surface area contributed by atoms with Gasteiger partial charge in [0, 0.05) is 55.7 Å². The van der Waals surface area contributed by atoms with E-state index in [2.05, 4.69) is 15.8 Å². The summed E-state index contributed by atoms with van der Waals surface area (Å²) in [4.78, 5) is 31.4. The van der Waals surface area contributed by atoms with E-state index in [0.29, 0.717) is 25.4 Å². The van der Waals surface area contributed by atoms with Gasteiger partial charge in [0.05, 0.1) is 0 Å². The summed E-state index contributed by atoms with van der Waals surface area (Å²) in [5.74, 6) is 0.748. The average Bonchev–Trinajstić information content (AvgIpc) is 3.19. The van der Waals surface area contributed by atoms with E-state index in [0.717, 1.165) is 24.2 Å². The second-order valence-electron chi connectivity index (χ2n) is 7.86. The molecule has 2 N–H and O–H groups in total. The van der Waals surface area contributed by atoms with E-state index in [1.807, 2.05) is 39.9 Å². The quantitative estimate of drug-likeness (QED) is 0.823. The molecule has 140 valence electrons. The van der Waals surface area contributed by atoms with Crippen molar-refractivity contribution in [1.82, 2.24) is 25.3 Å². The van der Waals surface area contributed by atoms with Gasteiger partial charge in [0.15, 0.2) is 0 Å². The maximum atomic E-state index is 13.1. The Bertz CT molecular complexity index is 912. The van der Waals surface area contributed by atoms with Crippen LogP contribution in [0.5, 0.6) is 0 Å². The number of carbonyl (C=O) groups is 1. The molecule has 2 saturated heterocycles. The van der Waals surface area contributed by atoms with Gasteiger partial charge in [-0.25, -0.2) is 10.9 Å². The molecule has 0 aliphatic carbocycles. The Morgan fingerprint density at radius 3 is 2.85 bits per heavy atom. The SMILES string of the molecule is O=C(C1CC(c2cccnc2)NN1)N1C[C@H]2C[C@@H](C1)c1cccc(=O)n1C2. The number of hydrogen-bond acceptors (Lipinski definition) is 5. The molecule has 2 unspecified atom stereocenters. The zero-order valence-electron chi connectivity index (χ0n) is 15.0. The van der Waals surface area contributed by atoms with E-state index in [1.54, 1.807) is 12.3 Å². The number of carbonyl (C=O) groups excluding carboxylic acids is 1. The van der Waals surface area contributed by atoms with Crippen molar-refractivity contribution in [3.05, 3.63) is 64.3 Å². The zero-order chi connectivity index (χ0) is 18.4. The van der Waals surface area contributed by atoms with E-state index in [-0.39, 0.29) is 29.5 Å². The van der Waals surface area contributed by atoms with Gasteiger partial charge in [0.2, 0.25) is 5.91 Å². The van der Waals surface area contributed by atoms with Gasteiger partial charge >= 0.3 is 0 Å². The van der Waals surface area contributed by atoms with Crippen LogP contribution in [0.15, 0.2) is 47.5 Å². The van der Waals surface area contributed by atoms with Crippen molar-refractivity contribution in [2.45, 2.75) is 37.4 Å². The van der Waals surface area contributed by atoms with E-state index >= 15 is 0 Å². The van der Waals surface area contributed by atoms with Gasteiger partial charge in [0.25, 0.3) is 5.56 Å². The lowest BCUT2D eigenvalue weighted by Crippen LogP contribution is -2.53. The van der Waals surface area contributed by atoms with Crippen LogP contribution in [-0.2, 0) is 11.3 Å². The Kier molecular flexibility index (Phi) is 4.06. The molecular weight excluding hydrogens is 342 g/mol. The maximum absolute atomic E-state index is 13.1. The lowest BCUT2D eigenvalue weighted by Gasteiger charge is -2.43. The number of nitrogens with zero attached hydrogens (tertiary/aromatic N) is 3. The highest BCUT2D eigenvalue weighted by atomic mass is 16.2. The van der Waals surface area contributed by atoms with Crippen LogP contribution in [-0.4, -0.2) is 39.5 Å². The first-order valence-corrected chi connectivity index (χ1v) is 9.58. The summed E-state index contributed by atoms with van der Waals surface area (Å²) in [5, 5.41) is 0. The normalized spacial score (nSPS) is 29.4. The second-order valence-corrected chi connectivity index (χ2v) is 7.86. The number of pyridine rings is 2. The maximum Gasteiger partial charge on any atom is 0.250 e. The number of amides is 1. The molecule has 3 aliphatic heterocycles. The van der Waals surface area contributed by atoms with Crippen LogP contribution in [0.4, 0.5) is 0 Å². The highest BCUT2D eigenvalue weighted by Crippen LogP contribution is 2.35. The molecule has 0 saturated carbocycles. The number of rotatable bonds is 2. The number of aromatic nitrogens is 2. The van der Waals surface area contributed by atoms with E-state index < -0.39 is 0 Å². The van der Waals surface area contributed by atoms with E-state index in [1.165, 1.54) is 0 Å². The molecule has 2 aromatic heterocycles. The summed E-state index contributed by atoms with van der Waals surface area (Å²) in [5.41, 5.74) is 8.64. The van der Waals surface area contributed by atoms with Crippen LogP contribution in [0, 0.1) is 5.92 Å². The molecule has 7 heteroatoms. The molecule has 3 aliphatic rings. The van der Waals surface area contributed by atoms with Crippen LogP contribution in [0.2, 0.25) is 0 Å². The van der Waals surface area contributed by atoms with Crippen LogP contribution < -0.4 is 16.4 Å². The number of fused-ring (bicyclic) bond motifs is 4. The Morgan fingerprint density at radius 1 is 1.07 bits per heavy atom. The number of hydrazine groups is 1. The molecule has 27 heavy (non-hydrogen) atoms. The first-order chi connectivity index (χ1) is 13.2. The van der Waals surface area contributed by atoms with Crippen LogP contribution in [0.3, 0.4) is 0 Å². The first-order valence-electron chi connectivity index (χ1n) is 9.58. The molecule has 1 amide bonds. The predicted octanol–water partition coefficient (Wildman–Crippen LogP) is 0.797. The third-order valence-electron chi connectivity index (χ3n) is 6.08. The summed E-state index contributed by atoms with van der Waals surface area (Å²) in [6.45, 7) is 2.13. The number of hydrogen-bond donors (Lipinski definition) is 2. The molecule has 4 atom stereocenters. The van der Waals surface area contributed by atoms with Crippen LogP contribution in [0.1, 0.15) is 36.1 Å². The zero-order valence-corrected chi connectivity index (χ0v) is 15.0. The largest absolute Gasteiger partial charge is 0.340 e. The van der Waals surface area contributed by atoms with Gasteiger partial charge in [-0.1, -0.05) is 12.1 Å². The minimum absolute atomic E-state index is 0.0722. The molecule has 5 heterocycles. The van der Waals surface area contributed by atoms with E-state index in [4.69, 9.17) is 0 Å². The molecule has 5 rings (SSSR count). The Hall–Kier alpha value is -2.51. The molecule has 0 aromatic carbocycles. The lowest BCUT2D eigenvalue weighted by atomic mass is 9.83. The summed E-state index contributed by atoms with van der Waals surface area (Å²) in [7, 11) is 0. The number of likely N-dealkylation sites (tertiary alicyclic amines) is 1. The highest BCUT2D eigenvalue weighted by molar-refractivity contribution is 5.82. The molecule has 0 spiro atoms. The second kappa shape index (κ2) is 6.58. The predicted molar refractivity (Wildman–Crippen MR) is 99.8 cm³/mol.